The summed E-state index contributed by atoms with van der Waals surface area (Å²) in [6.45, 7) is 12.2. The van der Waals surface area contributed by atoms with Crippen LogP contribution in [-0.2, 0) is 10.2 Å². The molecule has 0 aliphatic carbocycles. The smallest absolute Gasteiger partial charge is 0.341 e. The summed E-state index contributed by atoms with van der Waals surface area (Å²) in [7, 11) is 0. The van der Waals surface area contributed by atoms with Crippen LogP contribution in [-0.4, -0.2) is 24.1 Å². The van der Waals surface area contributed by atoms with E-state index in [2.05, 4.69) is 33.0 Å². The third-order valence-electron chi connectivity index (χ3n) is 5.23. The fourth-order valence-electron chi connectivity index (χ4n) is 4.19. The number of amides is 1. The topological polar surface area (TPSA) is 64.6 Å². The zero-order valence-corrected chi connectivity index (χ0v) is 18.3. The van der Waals surface area contributed by atoms with Gasteiger partial charge < -0.3 is 14.8 Å². The summed E-state index contributed by atoms with van der Waals surface area (Å²) >= 11 is 0. The van der Waals surface area contributed by atoms with Crippen LogP contribution in [0.4, 0.5) is 10.1 Å². The number of aryl methyl sites for hydroxylation is 1. The van der Waals surface area contributed by atoms with Crippen LogP contribution in [0.1, 0.15) is 72.9 Å². The Labute approximate surface area is 176 Å². The number of hydrogen-bond donors (Lipinski definition) is 1. The molecule has 160 valence electrons. The largest absolute Gasteiger partial charge is 0.487 e. The second kappa shape index (κ2) is 7.74. The Morgan fingerprint density at radius 3 is 2.50 bits per heavy atom. The highest BCUT2D eigenvalue weighted by Gasteiger charge is 2.39. The molecule has 0 bridgehead atoms. The summed E-state index contributed by atoms with van der Waals surface area (Å²) in [6, 6.07) is 7.48. The van der Waals surface area contributed by atoms with Crippen LogP contribution in [0.5, 0.6) is 5.75 Å². The third-order valence-corrected chi connectivity index (χ3v) is 5.23. The number of fused-ring (bicyclic) bond motifs is 1. The second-order valence-corrected chi connectivity index (χ2v) is 8.96. The minimum Gasteiger partial charge on any atom is -0.487 e. The molecular formula is C24H28FNO4. The predicted octanol–water partition coefficient (Wildman–Crippen LogP) is 5.40. The Kier molecular flexibility index (Phi) is 5.63. The first-order chi connectivity index (χ1) is 13.9. The minimum absolute atomic E-state index is 0.118. The maximum Gasteiger partial charge on any atom is 0.341 e. The van der Waals surface area contributed by atoms with Gasteiger partial charge in [0.2, 0.25) is 0 Å². The van der Waals surface area contributed by atoms with Gasteiger partial charge in [-0.2, -0.15) is 0 Å². The highest BCUT2D eigenvalue weighted by molar-refractivity contribution is 6.05. The van der Waals surface area contributed by atoms with Crippen molar-refractivity contribution < 1.29 is 23.5 Å². The number of benzene rings is 2. The van der Waals surface area contributed by atoms with Crippen molar-refractivity contribution in [2.24, 2.45) is 0 Å². The van der Waals surface area contributed by atoms with Crippen molar-refractivity contribution in [1.82, 2.24) is 0 Å². The zero-order chi connectivity index (χ0) is 22.3. The van der Waals surface area contributed by atoms with Gasteiger partial charge in [-0.3, -0.25) is 4.79 Å². The molecule has 1 amide bonds. The lowest BCUT2D eigenvalue weighted by Gasteiger charge is -2.43. The van der Waals surface area contributed by atoms with E-state index in [0.29, 0.717) is 5.69 Å². The normalized spacial score (nSPS) is 16.2. The van der Waals surface area contributed by atoms with Gasteiger partial charge in [-0.25, -0.2) is 9.18 Å². The molecule has 0 fully saturated rings. The highest BCUT2D eigenvalue weighted by Crippen LogP contribution is 2.47. The van der Waals surface area contributed by atoms with Crippen LogP contribution in [0, 0.1) is 12.7 Å². The Bertz CT molecular complexity index is 1010. The maximum atomic E-state index is 14.3. The number of anilines is 1. The fourth-order valence-corrected chi connectivity index (χ4v) is 4.19. The van der Waals surface area contributed by atoms with E-state index in [1.165, 1.54) is 12.1 Å². The molecule has 0 saturated carbocycles. The summed E-state index contributed by atoms with van der Waals surface area (Å²) in [5.41, 5.74) is 2.09. The van der Waals surface area contributed by atoms with Crippen molar-refractivity contribution in [3.63, 3.8) is 0 Å². The Morgan fingerprint density at radius 1 is 1.17 bits per heavy atom. The van der Waals surface area contributed by atoms with Crippen LogP contribution in [0.2, 0.25) is 0 Å². The van der Waals surface area contributed by atoms with E-state index in [4.69, 9.17) is 9.47 Å². The summed E-state index contributed by atoms with van der Waals surface area (Å²) in [6.07, 6.45) is 0.838. The molecule has 1 heterocycles. The number of rotatable bonds is 4. The summed E-state index contributed by atoms with van der Waals surface area (Å²) in [5.74, 6) is -1.16. The lowest BCUT2D eigenvalue weighted by atomic mass is 9.73. The van der Waals surface area contributed by atoms with Crippen LogP contribution < -0.4 is 10.1 Å². The lowest BCUT2D eigenvalue weighted by molar-refractivity contribution is 0.0516. The molecule has 5 nitrogen and oxygen atoms in total. The first-order valence-corrected chi connectivity index (χ1v) is 10.1. The average Bonchev–Trinajstić information content (AvgIpc) is 2.61. The Morgan fingerprint density at radius 2 is 1.87 bits per heavy atom. The van der Waals surface area contributed by atoms with Crippen molar-refractivity contribution in [2.75, 3.05) is 11.9 Å². The number of halogens is 1. The van der Waals surface area contributed by atoms with Crippen molar-refractivity contribution in [2.45, 2.75) is 59.0 Å². The van der Waals surface area contributed by atoms with Crippen LogP contribution >= 0.6 is 0 Å². The molecule has 1 aliphatic rings. The van der Waals surface area contributed by atoms with Gasteiger partial charge >= 0.3 is 5.97 Å². The van der Waals surface area contributed by atoms with Gasteiger partial charge in [-0.1, -0.05) is 13.8 Å². The third kappa shape index (κ3) is 4.32. The van der Waals surface area contributed by atoms with E-state index >= 15 is 0 Å². The molecule has 0 radical (unpaired) electrons. The van der Waals surface area contributed by atoms with E-state index in [1.54, 1.807) is 6.92 Å². The van der Waals surface area contributed by atoms with Gasteiger partial charge in [0.15, 0.2) is 0 Å². The van der Waals surface area contributed by atoms with E-state index in [0.717, 1.165) is 29.4 Å². The van der Waals surface area contributed by atoms with Crippen molar-refractivity contribution >= 4 is 17.6 Å². The van der Waals surface area contributed by atoms with Gasteiger partial charge in [0.05, 0.1) is 12.2 Å². The Hall–Kier alpha value is -2.89. The molecule has 2 aromatic carbocycles. The van der Waals surface area contributed by atoms with Crippen LogP contribution in [0.15, 0.2) is 30.3 Å². The molecule has 0 unspecified atom stereocenters. The number of esters is 1. The molecule has 0 spiro atoms. The Balaban J connectivity index is 1.87. The highest BCUT2D eigenvalue weighted by atomic mass is 19.1. The number of carbonyl (C=O) groups excluding carboxylic acids is 2. The fraction of sp³-hybridized carbons (Fsp3) is 0.417. The number of carbonyl (C=O) groups is 2. The average molecular weight is 413 g/mol. The van der Waals surface area contributed by atoms with Crippen molar-refractivity contribution in [3.8, 4) is 5.75 Å². The first-order valence-electron chi connectivity index (χ1n) is 10.1. The second-order valence-electron chi connectivity index (χ2n) is 8.96. The molecule has 0 aromatic heterocycles. The van der Waals surface area contributed by atoms with E-state index in [9.17, 15) is 14.0 Å². The quantitative estimate of drug-likeness (QED) is 0.682. The maximum absolute atomic E-state index is 14.3. The zero-order valence-electron chi connectivity index (χ0n) is 18.3. The minimum atomic E-state index is -0.792. The summed E-state index contributed by atoms with van der Waals surface area (Å²) in [5, 5.41) is 2.83. The van der Waals surface area contributed by atoms with Gasteiger partial charge in [0, 0.05) is 16.8 Å². The number of nitrogens with one attached hydrogen (secondary N) is 1. The SMILES string of the molecule is CCOC(=O)c1ccc(C(=O)Nc2cc(C)c3c(c2)C(C)(C)CC(C)(C)O3)cc1F. The van der Waals surface area contributed by atoms with Crippen molar-refractivity contribution in [1.29, 1.82) is 0 Å². The van der Waals surface area contributed by atoms with E-state index in [-0.39, 0.29) is 28.7 Å². The van der Waals surface area contributed by atoms with E-state index in [1.807, 2.05) is 19.1 Å². The molecule has 6 heteroatoms. The molecule has 1 aliphatic heterocycles. The standard InChI is InChI=1S/C24H28FNO4/c1-7-29-22(28)17-9-8-15(11-19(17)25)21(27)26-16-10-14(2)20-18(12-16)23(3,4)13-24(5,6)30-20/h8-12H,7,13H2,1-6H3,(H,26,27). The molecule has 1 N–H and O–H groups in total. The molecule has 0 atom stereocenters. The lowest BCUT2D eigenvalue weighted by Crippen LogP contribution is -2.41. The molecule has 0 saturated heterocycles. The molecular weight excluding hydrogens is 385 g/mol. The monoisotopic (exact) mass is 413 g/mol. The van der Waals surface area contributed by atoms with Gasteiger partial charge in [-0.05, 0) is 75.4 Å². The van der Waals surface area contributed by atoms with Gasteiger partial charge in [-0.15, -0.1) is 0 Å². The number of ether oxygens (including phenoxy) is 2. The summed E-state index contributed by atoms with van der Waals surface area (Å²) < 4.78 is 25.3. The van der Waals surface area contributed by atoms with Gasteiger partial charge in [0.1, 0.15) is 17.2 Å². The van der Waals surface area contributed by atoms with Crippen LogP contribution in [0.3, 0.4) is 0 Å². The van der Waals surface area contributed by atoms with Crippen molar-refractivity contribution in [3.05, 3.63) is 58.4 Å². The predicted molar refractivity (Wildman–Crippen MR) is 114 cm³/mol. The van der Waals surface area contributed by atoms with E-state index < -0.39 is 17.7 Å². The number of hydrogen-bond acceptors (Lipinski definition) is 4. The molecule has 2 aromatic rings. The van der Waals surface area contributed by atoms with Crippen LogP contribution in [0.25, 0.3) is 0 Å². The summed E-state index contributed by atoms with van der Waals surface area (Å²) in [4.78, 5) is 24.4. The molecule has 30 heavy (non-hydrogen) atoms. The molecule has 3 rings (SSSR count). The first kappa shape index (κ1) is 21.8. The van der Waals surface area contributed by atoms with Gasteiger partial charge in [0.25, 0.3) is 5.91 Å².